The van der Waals surface area contributed by atoms with Crippen LogP contribution in [0.2, 0.25) is 0 Å². The number of hydrogen-bond acceptors (Lipinski definition) is 6. The van der Waals surface area contributed by atoms with Crippen LogP contribution in [0, 0.1) is 0 Å². The molecule has 7 nitrogen and oxygen atoms in total. The van der Waals surface area contributed by atoms with Gasteiger partial charge in [0.15, 0.2) is 11.6 Å². The smallest absolute Gasteiger partial charge is 0.263 e. The summed E-state index contributed by atoms with van der Waals surface area (Å²) in [7, 11) is -3.77. The molecule has 0 bridgehead atoms. The number of aromatic nitrogens is 2. The first-order valence-electron chi connectivity index (χ1n) is 9.76. The molecule has 2 N–H and O–H groups in total. The van der Waals surface area contributed by atoms with Crippen molar-refractivity contribution in [2.45, 2.75) is 31.1 Å². The van der Waals surface area contributed by atoms with Crippen LogP contribution in [0.5, 0.6) is 0 Å². The highest BCUT2D eigenvalue weighted by Crippen LogP contribution is 2.24. The first kappa shape index (κ1) is 21.0. The minimum absolute atomic E-state index is 0.172. The standard InChI is InChI=1S/C21H26N4O3S/c1-2-3-15-28-16-9-14-22-20-21(24-19-13-8-7-12-18(19)23-20)25-29(26,27)17-10-5-4-6-11-17/h4-8,10-13H,2-3,9,14-16H2,1H3,(H,22,23)(H,24,25). The average Bonchev–Trinajstić information content (AvgIpc) is 2.73. The predicted octanol–water partition coefficient (Wildman–Crippen LogP) is 4.05. The van der Waals surface area contributed by atoms with Gasteiger partial charge in [0.2, 0.25) is 0 Å². The first-order chi connectivity index (χ1) is 14.1. The fourth-order valence-corrected chi connectivity index (χ4v) is 3.74. The van der Waals surface area contributed by atoms with Crippen LogP contribution in [-0.2, 0) is 14.8 Å². The Morgan fingerprint density at radius 3 is 2.17 bits per heavy atom. The second-order valence-corrected chi connectivity index (χ2v) is 8.26. The fraction of sp³-hybridized carbons (Fsp3) is 0.333. The fourth-order valence-electron chi connectivity index (χ4n) is 2.71. The molecule has 0 radical (unpaired) electrons. The number of fused-ring (bicyclic) bond motifs is 1. The molecule has 0 atom stereocenters. The molecule has 0 aliphatic rings. The van der Waals surface area contributed by atoms with Crippen LogP contribution >= 0.6 is 0 Å². The van der Waals surface area contributed by atoms with Gasteiger partial charge < -0.3 is 10.1 Å². The van der Waals surface area contributed by atoms with Gasteiger partial charge in [-0.2, -0.15) is 0 Å². The molecule has 0 saturated carbocycles. The third-order valence-corrected chi connectivity index (χ3v) is 5.61. The van der Waals surface area contributed by atoms with Crippen molar-refractivity contribution in [3.8, 4) is 0 Å². The number of benzene rings is 2. The summed E-state index contributed by atoms with van der Waals surface area (Å²) < 4.78 is 33.6. The molecule has 1 heterocycles. The average molecular weight is 415 g/mol. The minimum atomic E-state index is -3.77. The van der Waals surface area contributed by atoms with Crippen LogP contribution in [0.15, 0.2) is 59.5 Å². The van der Waals surface area contributed by atoms with Crippen molar-refractivity contribution in [2.75, 3.05) is 29.8 Å². The number of anilines is 2. The van der Waals surface area contributed by atoms with Crippen LogP contribution in [0.25, 0.3) is 11.0 Å². The highest BCUT2D eigenvalue weighted by molar-refractivity contribution is 7.92. The minimum Gasteiger partial charge on any atom is -0.381 e. The maximum Gasteiger partial charge on any atom is 0.263 e. The van der Waals surface area contributed by atoms with Gasteiger partial charge in [0.25, 0.3) is 10.0 Å². The van der Waals surface area contributed by atoms with E-state index in [1.165, 1.54) is 12.1 Å². The summed E-state index contributed by atoms with van der Waals surface area (Å²) in [6, 6.07) is 15.6. The zero-order valence-electron chi connectivity index (χ0n) is 16.5. The van der Waals surface area contributed by atoms with Crippen molar-refractivity contribution in [3.63, 3.8) is 0 Å². The Labute approximate surface area is 171 Å². The van der Waals surface area contributed by atoms with E-state index in [1.807, 2.05) is 18.2 Å². The van der Waals surface area contributed by atoms with E-state index in [4.69, 9.17) is 4.74 Å². The van der Waals surface area contributed by atoms with Gasteiger partial charge in [0, 0.05) is 19.8 Å². The Hall–Kier alpha value is -2.71. The van der Waals surface area contributed by atoms with Gasteiger partial charge in [-0.1, -0.05) is 43.7 Å². The van der Waals surface area contributed by atoms with E-state index < -0.39 is 10.0 Å². The largest absolute Gasteiger partial charge is 0.381 e. The Bertz CT molecular complexity index is 1030. The summed E-state index contributed by atoms with van der Waals surface area (Å²) in [5.41, 5.74) is 1.31. The third kappa shape index (κ3) is 5.88. The van der Waals surface area contributed by atoms with Crippen LogP contribution < -0.4 is 10.0 Å². The Kier molecular flexibility index (Phi) is 7.37. The molecular formula is C21H26N4O3S. The van der Waals surface area contributed by atoms with Gasteiger partial charge in [-0.15, -0.1) is 0 Å². The summed E-state index contributed by atoms with van der Waals surface area (Å²) in [5, 5.41) is 3.19. The molecule has 29 heavy (non-hydrogen) atoms. The van der Waals surface area contributed by atoms with Crippen molar-refractivity contribution in [1.29, 1.82) is 0 Å². The topological polar surface area (TPSA) is 93.2 Å². The van der Waals surface area contributed by atoms with Gasteiger partial charge in [-0.25, -0.2) is 18.4 Å². The molecule has 0 saturated heterocycles. The molecule has 154 valence electrons. The van der Waals surface area contributed by atoms with Crippen LogP contribution in [0.3, 0.4) is 0 Å². The maximum atomic E-state index is 12.7. The second-order valence-electron chi connectivity index (χ2n) is 6.57. The Morgan fingerprint density at radius 2 is 1.48 bits per heavy atom. The van der Waals surface area contributed by atoms with E-state index in [9.17, 15) is 8.42 Å². The highest BCUT2D eigenvalue weighted by Gasteiger charge is 2.18. The van der Waals surface area contributed by atoms with Gasteiger partial charge in [0.05, 0.1) is 15.9 Å². The molecular weight excluding hydrogens is 388 g/mol. The van der Waals surface area contributed by atoms with Crippen LogP contribution in [0.1, 0.15) is 26.2 Å². The lowest BCUT2D eigenvalue weighted by Gasteiger charge is -2.14. The quantitative estimate of drug-likeness (QED) is 0.460. The third-order valence-electron chi connectivity index (χ3n) is 4.26. The van der Waals surface area contributed by atoms with Crippen molar-refractivity contribution < 1.29 is 13.2 Å². The number of nitrogens with zero attached hydrogens (tertiary/aromatic N) is 2. The number of hydrogen-bond donors (Lipinski definition) is 2. The molecule has 0 fully saturated rings. The molecule has 0 amide bonds. The van der Waals surface area contributed by atoms with Crippen molar-refractivity contribution >= 4 is 32.7 Å². The number of nitrogens with one attached hydrogen (secondary N) is 2. The first-order valence-corrected chi connectivity index (χ1v) is 11.2. The second kappa shape index (κ2) is 10.2. The maximum absolute atomic E-state index is 12.7. The van der Waals surface area contributed by atoms with E-state index in [1.54, 1.807) is 24.3 Å². The Balaban J connectivity index is 1.77. The molecule has 1 aromatic heterocycles. The van der Waals surface area contributed by atoms with E-state index in [0.29, 0.717) is 30.0 Å². The van der Waals surface area contributed by atoms with E-state index in [0.717, 1.165) is 25.9 Å². The SMILES string of the molecule is CCCCOCCCNc1nc2ccccc2nc1NS(=O)(=O)c1ccccc1. The number of ether oxygens (including phenoxy) is 1. The Morgan fingerprint density at radius 1 is 0.862 bits per heavy atom. The lowest BCUT2D eigenvalue weighted by molar-refractivity contribution is 0.131. The molecule has 0 unspecified atom stereocenters. The summed E-state index contributed by atoms with van der Waals surface area (Å²) in [5.74, 6) is 0.580. The van der Waals surface area contributed by atoms with E-state index in [-0.39, 0.29) is 10.7 Å². The molecule has 2 aromatic carbocycles. The zero-order valence-corrected chi connectivity index (χ0v) is 17.3. The number of para-hydroxylation sites is 2. The van der Waals surface area contributed by atoms with Gasteiger partial charge in [-0.3, -0.25) is 4.72 Å². The molecule has 0 aliphatic heterocycles. The number of rotatable bonds is 11. The van der Waals surface area contributed by atoms with Gasteiger partial charge >= 0.3 is 0 Å². The van der Waals surface area contributed by atoms with Crippen molar-refractivity contribution in [2.24, 2.45) is 0 Å². The molecule has 3 rings (SSSR count). The van der Waals surface area contributed by atoms with E-state index in [2.05, 4.69) is 26.9 Å². The molecule has 3 aromatic rings. The lowest BCUT2D eigenvalue weighted by atomic mass is 10.3. The van der Waals surface area contributed by atoms with Gasteiger partial charge in [0.1, 0.15) is 0 Å². The molecule has 0 spiro atoms. The summed E-state index contributed by atoms with van der Waals surface area (Å²) in [6.45, 7) is 4.12. The molecule has 8 heteroatoms. The lowest BCUT2D eigenvalue weighted by Crippen LogP contribution is -2.17. The molecule has 0 aliphatic carbocycles. The monoisotopic (exact) mass is 414 g/mol. The highest BCUT2D eigenvalue weighted by atomic mass is 32.2. The number of unbranched alkanes of at least 4 members (excludes halogenated alkanes) is 1. The summed E-state index contributed by atoms with van der Waals surface area (Å²) >= 11 is 0. The normalized spacial score (nSPS) is 11.5. The predicted molar refractivity (Wildman–Crippen MR) is 116 cm³/mol. The van der Waals surface area contributed by atoms with Crippen molar-refractivity contribution in [1.82, 2.24) is 9.97 Å². The van der Waals surface area contributed by atoms with Crippen LogP contribution in [0.4, 0.5) is 11.6 Å². The van der Waals surface area contributed by atoms with Gasteiger partial charge in [-0.05, 0) is 37.1 Å². The summed E-state index contributed by atoms with van der Waals surface area (Å²) in [6.07, 6.45) is 2.94. The van der Waals surface area contributed by atoms with Crippen molar-refractivity contribution in [3.05, 3.63) is 54.6 Å². The van der Waals surface area contributed by atoms with E-state index >= 15 is 0 Å². The number of sulfonamides is 1. The summed E-state index contributed by atoms with van der Waals surface area (Å²) in [4.78, 5) is 9.21. The van der Waals surface area contributed by atoms with Crippen LogP contribution in [-0.4, -0.2) is 38.1 Å². The zero-order chi connectivity index (χ0) is 20.5.